The first-order valence-corrected chi connectivity index (χ1v) is 8.78. The van der Waals surface area contributed by atoms with E-state index in [9.17, 15) is 0 Å². The summed E-state index contributed by atoms with van der Waals surface area (Å²) in [5, 5.41) is 0. The van der Waals surface area contributed by atoms with Gasteiger partial charge in [0.2, 0.25) is 0 Å². The van der Waals surface area contributed by atoms with E-state index < -0.39 is 0 Å². The van der Waals surface area contributed by atoms with Crippen molar-refractivity contribution in [1.29, 1.82) is 0 Å². The lowest BCUT2D eigenvalue weighted by molar-refractivity contribution is -0.0471. The predicted molar refractivity (Wildman–Crippen MR) is 83.7 cm³/mol. The van der Waals surface area contributed by atoms with Gasteiger partial charge in [-0.2, -0.15) is 11.8 Å². The number of hydrogen-bond acceptors (Lipinski definition) is 4. The van der Waals surface area contributed by atoms with Gasteiger partial charge in [0.1, 0.15) is 0 Å². The van der Waals surface area contributed by atoms with E-state index in [0.717, 1.165) is 25.4 Å². The second kappa shape index (κ2) is 6.33. The van der Waals surface area contributed by atoms with Gasteiger partial charge in [0.25, 0.3) is 0 Å². The monoisotopic (exact) mass is 286 g/mol. The first-order chi connectivity index (χ1) is 9.02. The first kappa shape index (κ1) is 15.6. The molecule has 0 saturated carbocycles. The molecule has 0 amide bonds. The number of likely N-dealkylation sites (N-methyl/N-ethyl adjacent to an activating group) is 1. The molecule has 3 nitrogen and oxygen atoms in total. The standard InChI is InChI=1S/C15H30N2OS/c1-14(2)7-9-19-12-15(14,11-16)17(3)10-13-6-4-5-8-18-13/h13H,4-12,16H2,1-3H3. The molecule has 0 spiro atoms. The second-order valence-electron chi connectivity index (χ2n) is 6.79. The Bertz CT molecular complexity index is 292. The van der Waals surface area contributed by atoms with Crippen molar-refractivity contribution in [3.8, 4) is 0 Å². The first-order valence-electron chi connectivity index (χ1n) is 7.62. The molecule has 2 saturated heterocycles. The van der Waals surface area contributed by atoms with E-state index in [-0.39, 0.29) is 11.0 Å². The van der Waals surface area contributed by atoms with Gasteiger partial charge in [0, 0.05) is 31.0 Å². The van der Waals surface area contributed by atoms with Crippen molar-refractivity contribution >= 4 is 11.8 Å². The molecule has 2 aliphatic rings. The van der Waals surface area contributed by atoms with E-state index in [0.29, 0.717) is 6.10 Å². The summed E-state index contributed by atoms with van der Waals surface area (Å²) < 4.78 is 5.91. The Morgan fingerprint density at radius 1 is 1.37 bits per heavy atom. The van der Waals surface area contributed by atoms with Gasteiger partial charge in [-0.1, -0.05) is 13.8 Å². The van der Waals surface area contributed by atoms with Crippen LogP contribution in [0.15, 0.2) is 0 Å². The highest BCUT2D eigenvalue weighted by atomic mass is 32.2. The molecule has 2 rings (SSSR count). The minimum absolute atomic E-state index is 0.122. The summed E-state index contributed by atoms with van der Waals surface area (Å²) in [7, 11) is 2.25. The summed E-state index contributed by atoms with van der Waals surface area (Å²) in [6.07, 6.45) is 5.41. The molecule has 2 N–H and O–H groups in total. The third-order valence-corrected chi connectivity index (χ3v) is 6.47. The summed E-state index contributed by atoms with van der Waals surface area (Å²) in [5.74, 6) is 2.42. The Balaban J connectivity index is 2.06. The zero-order valence-electron chi connectivity index (χ0n) is 12.8. The Kier molecular flexibility index (Phi) is 5.21. The van der Waals surface area contributed by atoms with Gasteiger partial charge in [-0.15, -0.1) is 0 Å². The lowest BCUT2D eigenvalue weighted by Gasteiger charge is -2.55. The fourth-order valence-electron chi connectivity index (χ4n) is 3.55. The average molecular weight is 286 g/mol. The maximum absolute atomic E-state index is 6.22. The molecule has 2 heterocycles. The average Bonchev–Trinajstić information content (AvgIpc) is 2.39. The summed E-state index contributed by atoms with van der Waals surface area (Å²) >= 11 is 2.06. The molecule has 0 aromatic carbocycles. The van der Waals surface area contributed by atoms with Crippen molar-refractivity contribution in [3.63, 3.8) is 0 Å². The van der Waals surface area contributed by atoms with Crippen LogP contribution in [0.2, 0.25) is 0 Å². The van der Waals surface area contributed by atoms with Crippen molar-refractivity contribution < 1.29 is 4.74 Å². The summed E-state index contributed by atoms with van der Waals surface area (Å²) in [5.41, 5.74) is 6.63. The van der Waals surface area contributed by atoms with Crippen LogP contribution in [-0.4, -0.2) is 54.8 Å². The van der Waals surface area contributed by atoms with Crippen molar-refractivity contribution in [2.75, 3.05) is 38.2 Å². The molecule has 4 heteroatoms. The van der Waals surface area contributed by atoms with Gasteiger partial charge in [-0.05, 0) is 43.9 Å². The zero-order valence-corrected chi connectivity index (χ0v) is 13.6. The lowest BCUT2D eigenvalue weighted by atomic mass is 9.69. The van der Waals surface area contributed by atoms with Crippen LogP contribution in [0.1, 0.15) is 39.5 Å². The van der Waals surface area contributed by atoms with E-state index in [1.165, 1.54) is 31.4 Å². The summed E-state index contributed by atoms with van der Waals surface area (Å²) in [6.45, 7) is 7.49. The number of ether oxygens (including phenoxy) is 1. The Morgan fingerprint density at radius 3 is 2.74 bits per heavy atom. The fourth-order valence-corrected chi connectivity index (χ4v) is 5.41. The minimum Gasteiger partial charge on any atom is -0.377 e. The Labute approximate surface area is 122 Å². The summed E-state index contributed by atoms with van der Waals surface area (Å²) in [6, 6.07) is 0. The molecule has 2 fully saturated rings. The fraction of sp³-hybridized carbons (Fsp3) is 1.00. The van der Waals surface area contributed by atoms with Crippen molar-refractivity contribution in [1.82, 2.24) is 4.90 Å². The largest absolute Gasteiger partial charge is 0.377 e. The highest BCUT2D eigenvalue weighted by Gasteiger charge is 2.49. The molecule has 2 aliphatic heterocycles. The molecular formula is C15H30N2OS. The van der Waals surface area contributed by atoms with E-state index >= 15 is 0 Å². The molecule has 0 radical (unpaired) electrons. The predicted octanol–water partition coefficient (Wildman–Crippen LogP) is 2.35. The van der Waals surface area contributed by atoms with Crippen molar-refractivity contribution in [2.24, 2.45) is 11.1 Å². The van der Waals surface area contributed by atoms with Crippen LogP contribution in [0.3, 0.4) is 0 Å². The molecular weight excluding hydrogens is 256 g/mol. The molecule has 0 aromatic heterocycles. The minimum atomic E-state index is 0.122. The van der Waals surface area contributed by atoms with Gasteiger partial charge in [0.05, 0.1) is 6.10 Å². The summed E-state index contributed by atoms with van der Waals surface area (Å²) in [4.78, 5) is 2.51. The van der Waals surface area contributed by atoms with Gasteiger partial charge >= 0.3 is 0 Å². The number of nitrogens with two attached hydrogens (primary N) is 1. The van der Waals surface area contributed by atoms with Crippen LogP contribution in [0.25, 0.3) is 0 Å². The second-order valence-corrected chi connectivity index (χ2v) is 7.90. The van der Waals surface area contributed by atoms with Crippen LogP contribution >= 0.6 is 11.8 Å². The van der Waals surface area contributed by atoms with E-state index in [1.807, 2.05) is 0 Å². The van der Waals surface area contributed by atoms with E-state index in [2.05, 4.69) is 37.6 Å². The SMILES string of the molecule is CN(CC1CCCCO1)C1(CN)CSCCC1(C)C. The van der Waals surface area contributed by atoms with E-state index in [4.69, 9.17) is 10.5 Å². The molecule has 2 atom stereocenters. The van der Waals surface area contributed by atoms with Crippen molar-refractivity contribution in [3.05, 3.63) is 0 Å². The van der Waals surface area contributed by atoms with E-state index in [1.54, 1.807) is 0 Å². The van der Waals surface area contributed by atoms with Gasteiger partial charge in [-0.25, -0.2) is 0 Å². The topological polar surface area (TPSA) is 38.5 Å². The maximum atomic E-state index is 6.22. The number of thioether (sulfide) groups is 1. The van der Waals surface area contributed by atoms with Gasteiger partial charge in [-0.3, -0.25) is 4.90 Å². The number of nitrogens with zero attached hydrogens (tertiary/aromatic N) is 1. The Hall–Kier alpha value is 0.230. The molecule has 0 aliphatic carbocycles. The van der Waals surface area contributed by atoms with Crippen LogP contribution in [-0.2, 0) is 4.74 Å². The molecule has 2 unspecified atom stereocenters. The van der Waals surface area contributed by atoms with Crippen LogP contribution in [0, 0.1) is 5.41 Å². The van der Waals surface area contributed by atoms with Crippen molar-refractivity contribution in [2.45, 2.75) is 51.2 Å². The third kappa shape index (κ3) is 3.12. The molecule has 0 aromatic rings. The Morgan fingerprint density at radius 2 is 2.16 bits per heavy atom. The molecule has 0 bridgehead atoms. The molecule has 19 heavy (non-hydrogen) atoms. The lowest BCUT2D eigenvalue weighted by Crippen LogP contribution is -2.65. The van der Waals surface area contributed by atoms with Crippen LogP contribution in [0.5, 0.6) is 0 Å². The van der Waals surface area contributed by atoms with Crippen LogP contribution < -0.4 is 5.73 Å². The van der Waals surface area contributed by atoms with Crippen LogP contribution in [0.4, 0.5) is 0 Å². The number of rotatable bonds is 4. The molecule has 112 valence electrons. The maximum Gasteiger partial charge on any atom is 0.0702 e. The van der Waals surface area contributed by atoms with Gasteiger partial charge < -0.3 is 10.5 Å². The smallest absolute Gasteiger partial charge is 0.0702 e. The third-order valence-electron chi connectivity index (χ3n) is 5.29. The highest BCUT2D eigenvalue weighted by Crippen LogP contribution is 2.45. The zero-order chi connectivity index (χ0) is 13.9. The van der Waals surface area contributed by atoms with Gasteiger partial charge in [0.15, 0.2) is 0 Å². The quantitative estimate of drug-likeness (QED) is 0.861. The highest BCUT2D eigenvalue weighted by molar-refractivity contribution is 7.99. The normalized spacial score (nSPS) is 35.5. The number of hydrogen-bond donors (Lipinski definition) is 1.